The number of carboxylic acid groups (broad SMARTS) is 1. The maximum atomic E-state index is 10.5. The third kappa shape index (κ3) is 2.59. The maximum absolute atomic E-state index is 10.5. The first-order valence-electron chi connectivity index (χ1n) is 4.67. The van der Waals surface area contributed by atoms with Crippen LogP contribution >= 0.6 is 0 Å². The van der Waals surface area contributed by atoms with Gasteiger partial charge in [-0.25, -0.2) is 4.79 Å². The zero-order valence-electron chi connectivity index (χ0n) is 8.12. The summed E-state index contributed by atoms with van der Waals surface area (Å²) in [6.45, 7) is 2.10. The molecule has 0 aromatic rings. The van der Waals surface area contributed by atoms with Crippen LogP contribution in [0, 0.1) is 5.92 Å². The average molecular weight is 187 g/mol. The molecule has 76 valence electrons. The minimum absolute atomic E-state index is 0.0323. The number of hydrogen-bond acceptors (Lipinski definition) is 2. The van der Waals surface area contributed by atoms with Crippen molar-refractivity contribution < 1.29 is 14.6 Å². The van der Waals surface area contributed by atoms with Gasteiger partial charge in [-0.2, -0.15) is 0 Å². The van der Waals surface area contributed by atoms with Crippen molar-refractivity contribution in [1.29, 1.82) is 0 Å². The van der Waals surface area contributed by atoms with Crippen LogP contribution < -0.4 is 5.32 Å². The second-order valence-corrected chi connectivity index (χ2v) is 3.66. The van der Waals surface area contributed by atoms with E-state index in [4.69, 9.17) is 9.84 Å². The van der Waals surface area contributed by atoms with E-state index in [0.29, 0.717) is 5.92 Å². The number of ether oxygens (including phenoxy) is 1. The molecule has 4 heteroatoms. The van der Waals surface area contributed by atoms with Crippen LogP contribution in [-0.4, -0.2) is 30.5 Å². The summed E-state index contributed by atoms with van der Waals surface area (Å²) in [4.78, 5) is 10.5. The largest absolute Gasteiger partial charge is 0.465 e. The van der Waals surface area contributed by atoms with E-state index in [1.807, 2.05) is 0 Å². The highest BCUT2D eigenvalue weighted by molar-refractivity contribution is 5.64. The first-order valence-corrected chi connectivity index (χ1v) is 4.67. The third-order valence-corrected chi connectivity index (χ3v) is 2.71. The molecule has 0 aromatic carbocycles. The van der Waals surface area contributed by atoms with Crippen LogP contribution in [0.2, 0.25) is 0 Å². The molecule has 0 aromatic heterocycles. The van der Waals surface area contributed by atoms with Crippen molar-refractivity contribution in [3.8, 4) is 0 Å². The van der Waals surface area contributed by atoms with E-state index in [0.717, 1.165) is 19.3 Å². The van der Waals surface area contributed by atoms with Gasteiger partial charge < -0.3 is 15.2 Å². The number of methoxy groups -OCH3 is 1. The van der Waals surface area contributed by atoms with Crippen LogP contribution in [0.3, 0.4) is 0 Å². The van der Waals surface area contributed by atoms with E-state index in [2.05, 4.69) is 12.2 Å². The Kier molecular flexibility index (Phi) is 3.54. The summed E-state index contributed by atoms with van der Waals surface area (Å²) >= 11 is 0. The second kappa shape index (κ2) is 4.46. The summed E-state index contributed by atoms with van der Waals surface area (Å²) in [5.74, 6) is 0.440. The highest BCUT2D eigenvalue weighted by Crippen LogP contribution is 2.26. The Hall–Kier alpha value is -0.770. The van der Waals surface area contributed by atoms with Gasteiger partial charge in [0.1, 0.15) is 0 Å². The molecule has 13 heavy (non-hydrogen) atoms. The molecule has 0 spiro atoms. The molecule has 1 rings (SSSR count). The van der Waals surface area contributed by atoms with E-state index in [9.17, 15) is 4.79 Å². The Morgan fingerprint density at radius 2 is 2.23 bits per heavy atom. The number of nitrogens with one attached hydrogen (secondary N) is 1. The number of hydrogen-bond donors (Lipinski definition) is 2. The molecular formula is C9H17NO3. The summed E-state index contributed by atoms with van der Waals surface area (Å²) in [5, 5.41) is 11.1. The smallest absolute Gasteiger partial charge is 0.404 e. The summed E-state index contributed by atoms with van der Waals surface area (Å²) in [5.41, 5.74) is 0. The number of rotatable bonds is 2. The molecule has 3 atom stereocenters. The van der Waals surface area contributed by atoms with Crippen LogP contribution in [0.15, 0.2) is 0 Å². The van der Waals surface area contributed by atoms with Gasteiger partial charge >= 0.3 is 6.09 Å². The van der Waals surface area contributed by atoms with Crippen molar-refractivity contribution in [3.63, 3.8) is 0 Å². The lowest BCUT2D eigenvalue weighted by molar-refractivity contribution is 0.00551. The standard InChI is InChI=1S/C9H17NO3/c1-6-4-3-5-7(8(6)13-2)10-9(11)12/h6-8,10H,3-5H2,1-2H3,(H,11,12)/t6?,7-,8-/m1/s1. The van der Waals surface area contributed by atoms with Crippen LogP contribution in [-0.2, 0) is 4.74 Å². The fourth-order valence-electron chi connectivity index (χ4n) is 2.09. The van der Waals surface area contributed by atoms with Gasteiger partial charge in [-0.15, -0.1) is 0 Å². The normalized spacial score (nSPS) is 34.2. The van der Waals surface area contributed by atoms with Gasteiger partial charge in [-0.3, -0.25) is 0 Å². The molecule has 1 fully saturated rings. The molecule has 0 heterocycles. The minimum Gasteiger partial charge on any atom is -0.465 e. The zero-order chi connectivity index (χ0) is 9.84. The lowest BCUT2D eigenvalue weighted by Gasteiger charge is -2.35. The van der Waals surface area contributed by atoms with Crippen molar-refractivity contribution in [1.82, 2.24) is 5.32 Å². The van der Waals surface area contributed by atoms with Crippen molar-refractivity contribution in [2.24, 2.45) is 5.92 Å². The van der Waals surface area contributed by atoms with Gasteiger partial charge in [0.25, 0.3) is 0 Å². The maximum Gasteiger partial charge on any atom is 0.404 e. The van der Waals surface area contributed by atoms with Crippen molar-refractivity contribution in [2.45, 2.75) is 38.3 Å². The topological polar surface area (TPSA) is 58.6 Å². The van der Waals surface area contributed by atoms with Crippen molar-refractivity contribution in [2.75, 3.05) is 7.11 Å². The molecule has 0 bridgehead atoms. The highest BCUT2D eigenvalue weighted by Gasteiger charge is 2.31. The van der Waals surface area contributed by atoms with Crippen LogP contribution in [0.1, 0.15) is 26.2 Å². The van der Waals surface area contributed by atoms with Crippen LogP contribution in [0.4, 0.5) is 4.79 Å². The Morgan fingerprint density at radius 1 is 1.54 bits per heavy atom. The SMILES string of the molecule is CO[C@@H]1C(C)CCC[C@H]1NC(=O)O. The van der Waals surface area contributed by atoms with Crippen molar-refractivity contribution >= 4 is 6.09 Å². The van der Waals surface area contributed by atoms with Gasteiger partial charge in [0, 0.05) is 7.11 Å². The van der Waals surface area contributed by atoms with Gasteiger partial charge in [0.05, 0.1) is 12.1 Å². The zero-order valence-corrected chi connectivity index (χ0v) is 8.12. The fraction of sp³-hybridized carbons (Fsp3) is 0.889. The molecule has 0 aliphatic heterocycles. The summed E-state index contributed by atoms with van der Waals surface area (Å²) < 4.78 is 5.29. The predicted octanol–water partition coefficient (Wildman–Crippen LogP) is 1.46. The second-order valence-electron chi connectivity index (χ2n) is 3.66. The van der Waals surface area contributed by atoms with E-state index in [1.165, 1.54) is 0 Å². The molecule has 2 N–H and O–H groups in total. The van der Waals surface area contributed by atoms with Gasteiger partial charge in [0.15, 0.2) is 0 Å². The molecule has 1 aliphatic rings. The lowest BCUT2D eigenvalue weighted by Crippen LogP contribution is -2.48. The van der Waals surface area contributed by atoms with Gasteiger partial charge in [0.2, 0.25) is 0 Å². The summed E-state index contributed by atoms with van der Waals surface area (Å²) in [6.07, 6.45) is 2.16. The average Bonchev–Trinajstić information content (AvgIpc) is 2.03. The number of amides is 1. The molecule has 0 radical (unpaired) electrons. The lowest BCUT2D eigenvalue weighted by atomic mass is 9.84. The Bertz CT molecular complexity index is 184. The Morgan fingerprint density at radius 3 is 2.77 bits per heavy atom. The molecule has 1 amide bonds. The van der Waals surface area contributed by atoms with E-state index in [1.54, 1.807) is 7.11 Å². The fourth-order valence-corrected chi connectivity index (χ4v) is 2.09. The van der Waals surface area contributed by atoms with Crippen LogP contribution in [0.5, 0.6) is 0 Å². The van der Waals surface area contributed by atoms with Crippen molar-refractivity contribution in [3.05, 3.63) is 0 Å². The molecule has 1 saturated carbocycles. The molecule has 4 nitrogen and oxygen atoms in total. The quantitative estimate of drug-likeness (QED) is 0.688. The third-order valence-electron chi connectivity index (χ3n) is 2.71. The van der Waals surface area contributed by atoms with Gasteiger partial charge in [-0.05, 0) is 18.8 Å². The predicted molar refractivity (Wildman–Crippen MR) is 48.8 cm³/mol. The monoisotopic (exact) mass is 187 g/mol. The Labute approximate surface area is 78.3 Å². The molecular weight excluding hydrogens is 170 g/mol. The molecule has 1 aliphatic carbocycles. The molecule has 1 unspecified atom stereocenters. The number of carbonyl (C=O) groups is 1. The first-order chi connectivity index (χ1) is 6.15. The van der Waals surface area contributed by atoms with E-state index >= 15 is 0 Å². The summed E-state index contributed by atoms with van der Waals surface area (Å²) in [7, 11) is 1.64. The highest BCUT2D eigenvalue weighted by atomic mass is 16.5. The van der Waals surface area contributed by atoms with Gasteiger partial charge in [-0.1, -0.05) is 13.3 Å². The first kappa shape index (κ1) is 10.3. The minimum atomic E-state index is -0.957. The molecule has 0 saturated heterocycles. The van der Waals surface area contributed by atoms with E-state index in [-0.39, 0.29) is 12.1 Å². The van der Waals surface area contributed by atoms with E-state index < -0.39 is 6.09 Å². The Balaban J connectivity index is 2.53. The summed E-state index contributed by atoms with van der Waals surface area (Å²) in [6, 6.07) is -0.0359. The van der Waals surface area contributed by atoms with Crippen LogP contribution in [0.25, 0.3) is 0 Å².